The fourth-order valence-corrected chi connectivity index (χ4v) is 3.86. The van der Waals surface area contributed by atoms with Crippen LogP contribution in [0, 0.1) is 0 Å². The lowest BCUT2D eigenvalue weighted by Gasteiger charge is -2.22. The largest absolute Gasteiger partial charge is 0.454 e. The zero-order chi connectivity index (χ0) is 13.8. The van der Waals surface area contributed by atoms with Crippen molar-refractivity contribution in [3.05, 3.63) is 23.8 Å². The van der Waals surface area contributed by atoms with Crippen LogP contribution in [0.4, 0.5) is 0 Å². The van der Waals surface area contributed by atoms with Crippen LogP contribution in [0.15, 0.2) is 18.2 Å². The van der Waals surface area contributed by atoms with Crippen molar-refractivity contribution in [1.82, 2.24) is 5.32 Å². The van der Waals surface area contributed by atoms with Gasteiger partial charge in [0.15, 0.2) is 11.5 Å². The fourth-order valence-electron chi connectivity index (χ4n) is 2.59. The van der Waals surface area contributed by atoms with Gasteiger partial charge in [0.1, 0.15) is 0 Å². The van der Waals surface area contributed by atoms with Crippen LogP contribution in [0.5, 0.6) is 11.5 Å². The molecular formula is C15H21NO3S. The van der Waals surface area contributed by atoms with Crippen molar-refractivity contribution < 1.29 is 14.6 Å². The van der Waals surface area contributed by atoms with E-state index in [4.69, 9.17) is 9.47 Å². The van der Waals surface area contributed by atoms with Crippen LogP contribution < -0.4 is 14.8 Å². The van der Waals surface area contributed by atoms with E-state index in [1.807, 2.05) is 30.0 Å². The van der Waals surface area contributed by atoms with Crippen molar-refractivity contribution >= 4 is 11.8 Å². The van der Waals surface area contributed by atoms with Crippen LogP contribution in [0.3, 0.4) is 0 Å². The lowest BCUT2D eigenvalue weighted by atomic mass is 10.1. The van der Waals surface area contributed by atoms with Crippen LogP contribution in [0.2, 0.25) is 0 Å². The van der Waals surface area contributed by atoms with Gasteiger partial charge in [0.25, 0.3) is 0 Å². The lowest BCUT2D eigenvalue weighted by molar-refractivity contribution is 0.170. The van der Waals surface area contributed by atoms with Gasteiger partial charge in [-0.15, -0.1) is 0 Å². The Morgan fingerprint density at radius 2 is 2.20 bits per heavy atom. The molecule has 0 amide bonds. The number of aliphatic hydroxyl groups is 1. The number of thioether (sulfide) groups is 1. The third kappa shape index (κ3) is 3.40. The standard InChI is InChI=1S/C15H21NO3S/c17-13(9-16-8-12-3-1-2-6-20-12)11-4-5-14-15(7-11)19-10-18-14/h4-5,7,12-13,16-17H,1-3,6,8-10H2. The van der Waals surface area contributed by atoms with E-state index in [0.29, 0.717) is 11.8 Å². The number of benzene rings is 1. The summed E-state index contributed by atoms with van der Waals surface area (Å²) in [4.78, 5) is 0. The maximum atomic E-state index is 10.2. The highest BCUT2D eigenvalue weighted by atomic mass is 32.2. The summed E-state index contributed by atoms with van der Waals surface area (Å²) in [7, 11) is 0. The van der Waals surface area contributed by atoms with E-state index in [1.54, 1.807) is 0 Å². The van der Waals surface area contributed by atoms with Gasteiger partial charge in [-0.05, 0) is 36.3 Å². The Morgan fingerprint density at radius 3 is 3.05 bits per heavy atom. The van der Waals surface area contributed by atoms with Crippen molar-refractivity contribution in [1.29, 1.82) is 0 Å². The molecule has 0 saturated carbocycles. The first-order valence-corrected chi connectivity index (χ1v) is 8.28. The predicted octanol–water partition coefficient (Wildman–Crippen LogP) is 2.32. The molecule has 2 heterocycles. The molecule has 0 radical (unpaired) electrons. The first-order chi connectivity index (χ1) is 9.83. The van der Waals surface area contributed by atoms with Gasteiger partial charge in [-0.3, -0.25) is 0 Å². The molecule has 2 atom stereocenters. The monoisotopic (exact) mass is 295 g/mol. The molecule has 1 aromatic carbocycles. The maximum Gasteiger partial charge on any atom is 0.231 e. The zero-order valence-corrected chi connectivity index (χ0v) is 12.3. The summed E-state index contributed by atoms with van der Waals surface area (Å²) in [6.45, 7) is 1.83. The molecule has 2 aliphatic rings. The minimum absolute atomic E-state index is 0.270. The molecule has 1 saturated heterocycles. The molecule has 2 aliphatic heterocycles. The van der Waals surface area contributed by atoms with Gasteiger partial charge in [0.2, 0.25) is 6.79 Å². The number of fused-ring (bicyclic) bond motifs is 1. The molecule has 1 fully saturated rings. The molecule has 0 bridgehead atoms. The van der Waals surface area contributed by atoms with Crippen LogP contribution in [0.25, 0.3) is 0 Å². The van der Waals surface area contributed by atoms with Gasteiger partial charge in [0, 0.05) is 18.3 Å². The summed E-state index contributed by atoms with van der Waals surface area (Å²) >= 11 is 2.05. The topological polar surface area (TPSA) is 50.7 Å². The minimum atomic E-state index is -0.502. The maximum absolute atomic E-state index is 10.2. The van der Waals surface area contributed by atoms with E-state index in [2.05, 4.69) is 5.32 Å². The lowest BCUT2D eigenvalue weighted by Crippen LogP contribution is -2.30. The molecule has 5 heteroatoms. The summed E-state index contributed by atoms with van der Waals surface area (Å²) in [5.41, 5.74) is 0.873. The Kier molecular flexibility index (Phi) is 4.70. The van der Waals surface area contributed by atoms with E-state index in [-0.39, 0.29) is 6.79 Å². The highest BCUT2D eigenvalue weighted by molar-refractivity contribution is 7.99. The molecule has 20 heavy (non-hydrogen) atoms. The fraction of sp³-hybridized carbons (Fsp3) is 0.600. The van der Waals surface area contributed by atoms with Gasteiger partial charge in [-0.2, -0.15) is 11.8 Å². The molecule has 3 rings (SSSR count). The van der Waals surface area contributed by atoms with Crippen molar-refractivity contribution in [2.24, 2.45) is 0 Å². The molecule has 0 spiro atoms. The molecule has 2 N–H and O–H groups in total. The number of hydrogen-bond donors (Lipinski definition) is 2. The van der Waals surface area contributed by atoms with Gasteiger partial charge in [-0.25, -0.2) is 0 Å². The summed E-state index contributed by atoms with van der Waals surface area (Å²) in [5, 5.41) is 14.3. The van der Waals surface area contributed by atoms with Crippen molar-refractivity contribution in [2.45, 2.75) is 30.6 Å². The first-order valence-electron chi connectivity index (χ1n) is 7.23. The van der Waals surface area contributed by atoms with Crippen LogP contribution in [-0.2, 0) is 0 Å². The Labute approximate surface area is 123 Å². The molecule has 2 unspecified atom stereocenters. The minimum Gasteiger partial charge on any atom is -0.454 e. The molecular weight excluding hydrogens is 274 g/mol. The average molecular weight is 295 g/mol. The normalized spacial score (nSPS) is 22.8. The van der Waals surface area contributed by atoms with Crippen LogP contribution >= 0.6 is 11.8 Å². The highest BCUT2D eigenvalue weighted by Crippen LogP contribution is 2.34. The van der Waals surface area contributed by atoms with Crippen molar-refractivity contribution in [3.8, 4) is 11.5 Å². The van der Waals surface area contributed by atoms with E-state index in [1.165, 1.54) is 25.0 Å². The molecule has 4 nitrogen and oxygen atoms in total. The van der Waals surface area contributed by atoms with E-state index < -0.39 is 6.10 Å². The Balaban J connectivity index is 1.47. The van der Waals surface area contributed by atoms with E-state index in [0.717, 1.165) is 23.6 Å². The SMILES string of the molecule is OC(CNCC1CCCCS1)c1ccc2c(c1)OCO2. The summed E-state index contributed by atoms with van der Waals surface area (Å²) < 4.78 is 10.6. The second-order valence-corrected chi connectivity index (χ2v) is 6.68. The van der Waals surface area contributed by atoms with Gasteiger partial charge in [0.05, 0.1) is 6.10 Å². The van der Waals surface area contributed by atoms with E-state index >= 15 is 0 Å². The number of nitrogens with one attached hydrogen (secondary N) is 1. The average Bonchev–Trinajstić information content (AvgIpc) is 2.95. The quantitative estimate of drug-likeness (QED) is 0.873. The smallest absolute Gasteiger partial charge is 0.231 e. The summed E-state index contributed by atoms with van der Waals surface area (Å²) in [5.74, 6) is 2.76. The van der Waals surface area contributed by atoms with Crippen molar-refractivity contribution in [2.75, 3.05) is 25.6 Å². The molecule has 1 aromatic rings. The number of aliphatic hydroxyl groups excluding tert-OH is 1. The predicted molar refractivity (Wildman–Crippen MR) is 80.5 cm³/mol. The second-order valence-electron chi connectivity index (χ2n) is 5.28. The Bertz CT molecular complexity index is 449. The third-order valence-corrected chi connectivity index (χ3v) is 5.16. The highest BCUT2D eigenvalue weighted by Gasteiger charge is 2.17. The van der Waals surface area contributed by atoms with Crippen molar-refractivity contribution in [3.63, 3.8) is 0 Å². The Morgan fingerprint density at radius 1 is 1.30 bits per heavy atom. The summed E-state index contributed by atoms with van der Waals surface area (Å²) in [6, 6.07) is 5.62. The van der Waals surface area contributed by atoms with Gasteiger partial charge >= 0.3 is 0 Å². The number of ether oxygens (including phenoxy) is 2. The number of hydrogen-bond acceptors (Lipinski definition) is 5. The van der Waals surface area contributed by atoms with Gasteiger partial charge < -0.3 is 19.9 Å². The second kappa shape index (κ2) is 6.70. The molecule has 0 aromatic heterocycles. The number of rotatable bonds is 5. The molecule has 110 valence electrons. The van der Waals surface area contributed by atoms with E-state index in [9.17, 15) is 5.11 Å². The first kappa shape index (κ1) is 14.0. The molecule has 0 aliphatic carbocycles. The van der Waals surface area contributed by atoms with Crippen LogP contribution in [-0.4, -0.2) is 36.0 Å². The Hall–Kier alpha value is -0.910. The summed E-state index contributed by atoms with van der Waals surface area (Å²) in [6.07, 6.45) is 3.47. The third-order valence-electron chi connectivity index (χ3n) is 3.77. The van der Waals surface area contributed by atoms with Crippen LogP contribution in [0.1, 0.15) is 30.9 Å². The van der Waals surface area contributed by atoms with Gasteiger partial charge in [-0.1, -0.05) is 12.5 Å². The zero-order valence-electron chi connectivity index (χ0n) is 11.5.